The fourth-order valence-corrected chi connectivity index (χ4v) is 2.91. The van der Waals surface area contributed by atoms with Gasteiger partial charge in [0.25, 0.3) is 6.47 Å². The van der Waals surface area contributed by atoms with Crippen LogP contribution in [-0.4, -0.2) is 104 Å². The minimum Gasteiger partial charge on any atom is -0.483 e. The summed E-state index contributed by atoms with van der Waals surface area (Å²) in [6, 6.07) is -0.814. The van der Waals surface area contributed by atoms with Gasteiger partial charge < -0.3 is 41.0 Å². The minimum atomic E-state index is -1.18. The maximum Gasteiger partial charge on any atom is 0.326 e. The van der Waals surface area contributed by atoms with Crippen molar-refractivity contribution in [2.45, 2.75) is 78.3 Å². The molecule has 0 saturated carbocycles. The SMILES string of the molecule is CC(C)NCCCC(=O)NC(CCC(=O)NCCCC(=O)NCCOCCOCC(=O)C(C)C)C(=O)O.O=CO. The summed E-state index contributed by atoms with van der Waals surface area (Å²) >= 11 is 0. The summed E-state index contributed by atoms with van der Waals surface area (Å²) in [4.78, 5) is 66.9. The Bertz CT molecular complexity index is 747. The van der Waals surface area contributed by atoms with Crippen LogP contribution in [0.2, 0.25) is 0 Å². The standard InChI is InChI=1S/C25H46N4O8.CH2O2/c1-18(2)21(30)17-37-16-15-36-14-13-28-22(31)7-5-12-27-23(32)10-9-20(25(34)35)29-24(33)8-6-11-26-19(3)4;2-1-3/h18-20,26H,5-17H2,1-4H3,(H,27,32)(H,28,31)(H,29,33)(H,34,35);1H,(H,2,3). The van der Waals surface area contributed by atoms with Crippen LogP contribution in [0.4, 0.5) is 0 Å². The Balaban J connectivity index is 0. The summed E-state index contributed by atoms with van der Waals surface area (Å²) in [7, 11) is 0. The van der Waals surface area contributed by atoms with Gasteiger partial charge >= 0.3 is 5.97 Å². The number of nitrogens with one attached hydrogen (secondary N) is 4. The number of hydrogen-bond acceptors (Lipinski definition) is 9. The van der Waals surface area contributed by atoms with E-state index < -0.39 is 12.0 Å². The van der Waals surface area contributed by atoms with Crippen molar-refractivity contribution in [3.05, 3.63) is 0 Å². The van der Waals surface area contributed by atoms with Crippen LogP contribution in [-0.2, 0) is 38.2 Å². The van der Waals surface area contributed by atoms with Gasteiger partial charge in [0, 0.05) is 44.3 Å². The molecule has 1 atom stereocenters. The molecule has 0 bridgehead atoms. The largest absolute Gasteiger partial charge is 0.483 e. The van der Waals surface area contributed by atoms with Crippen molar-refractivity contribution in [2.24, 2.45) is 5.92 Å². The number of carboxylic acids is 1. The molecule has 0 aromatic rings. The number of carboxylic acid groups (broad SMARTS) is 2. The van der Waals surface area contributed by atoms with E-state index in [1.165, 1.54) is 0 Å². The van der Waals surface area contributed by atoms with E-state index in [1.807, 2.05) is 27.7 Å². The first-order chi connectivity index (χ1) is 18.9. The van der Waals surface area contributed by atoms with Crippen LogP contribution < -0.4 is 21.3 Å². The van der Waals surface area contributed by atoms with Crippen LogP contribution in [0, 0.1) is 5.92 Å². The highest BCUT2D eigenvalue weighted by atomic mass is 16.5. The second-order valence-electron chi connectivity index (χ2n) is 9.40. The van der Waals surface area contributed by atoms with E-state index in [0.29, 0.717) is 51.8 Å². The molecule has 0 aromatic carbocycles. The molecule has 0 fully saturated rings. The average molecular weight is 577 g/mol. The van der Waals surface area contributed by atoms with Crippen LogP contribution in [0.1, 0.15) is 66.2 Å². The third-order valence-electron chi connectivity index (χ3n) is 5.16. The Kier molecular flexibility index (Phi) is 25.5. The molecule has 0 aliphatic rings. The number of rotatable bonds is 23. The van der Waals surface area contributed by atoms with Gasteiger partial charge in [-0.15, -0.1) is 0 Å². The molecule has 232 valence electrons. The molecule has 0 aromatic heterocycles. The molecule has 1 unspecified atom stereocenters. The zero-order valence-corrected chi connectivity index (χ0v) is 24.2. The molecule has 0 spiro atoms. The van der Waals surface area contributed by atoms with Crippen molar-refractivity contribution in [1.29, 1.82) is 0 Å². The van der Waals surface area contributed by atoms with Gasteiger partial charge in [-0.05, 0) is 25.8 Å². The molecule has 0 heterocycles. The topological polar surface area (TPSA) is 209 Å². The predicted octanol–water partition coefficient (Wildman–Crippen LogP) is 0.0859. The van der Waals surface area contributed by atoms with Crippen LogP contribution in [0.3, 0.4) is 0 Å². The van der Waals surface area contributed by atoms with Crippen molar-refractivity contribution in [3.63, 3.8) is 0 Å². The van der Waals surface area contributed by atoms with E-state index in [2.05, 4.69) is 21.3 Å². The summed E-state index contributed by atoms with van der Waals surface area (Å²) in [6.45, 7) is 9.68. The zero-order chi connectivity index (χ0) is 30.8. The lowest BCUT2D eigenvalue weighted by Gasteiger charge is -2.15. The van der Waals surface area contributed by atoms with E-state index in [9.17, 15) is 29.1 Å². The fourth-order valence-electron chi connectivity index (χ4n) is 2.91. The number of amides is 3. The second-order valence-corrected chi connectivity index (χ2v) is 9.40. The average Bonchev–Trinajstić information content (AvgIpc) is 2.88. The fraction of sp³-hybridized carbons (Fsp3) is 0.769. The lowest BCUT2D eigenvalue weighted by atomic mass is 10.1. The number of aliphatic carboxylic acids is 1. The van der Waals surface area contributed by atoms with Gasteiger partial charge in [-0.3, -0.25) is 24.0 Å². The van der Waals surface area contributed by atoms with Crippen molar-refractivity contribution >= 4 is 35.9 Å². The number of Topliss-reactive ketones (excluding diaryl/α,β-unsaturated/α-hetero) is 1. The molecule has 0 saturated heterocycles. The maximum atomic E-state index is 12.0. The highest BCUT2D eigenvalue weighted by molar-refractivity contribution is 5.84. The third-order valence-corrected chi connectivity index (χ3v) is 5.16. The van der Waals surface area contributed by atoms with Gasteiger partial charge in [-0.1, -0.05) is 27.7 Å². The second kappa shape index (κ2) is 26.1. The van der Waals surface area contributed by atoms with Gasteiger partial charge in [0.05, 0.1) is 19.8 Å². The summed E-state index contributed by atoms with van der Waals surface area (Å²) in [5.41, 5.74) is 0. The summed E-state index contributed by atoms with van der Waals surface area (Å²) < 4.78 is 10.5. The number of carbonyl (C=O) groups is 6. The first kappa shape index (κ1) is 39.0. The monoisotopic (exact) mass is 576 g/mol. The first-order valence-electron chi connectivity index (χ1n) is 13.5. The molecule has 0 rings (SSSR count). The highest BCUT2D eigenvalue weighted by Gasteiger charge is 2.20. The molecule has 0 aliphatic heterocycles. The van der Waals surface area contributed by atoms with Crippen LogP contribution in [0.5, 0.6) is 0 Å². The molecular formula is C26H48N4O10. The molecule has 14 heteroatoms. The third kappa shape index (κ3) is 26.5. The molecule has 0 radical (unpaired) electrons. The van der Waals surface area contributed by atoms with Crippen molar-refractivity contribution in [3.8, 4) is 0 Å². The van der Waals surface area contributed by atoms with Crippen LogP contribution in [0.25, 0.3) is 0 Å². The summed E-state index contributed by atoms with van der Waals surface area (Å²) in [5.74, 6) is -2.07. The minimum absolute atomic E-state index is 0.0172. The molecule has 3 amide bonds. The Hall–Kier alpha value is -3.10. The van der Waals surface area contributed by atoms with Crippen molar-refractivity contribution in [1.82, 2.24) is 21.3 Å². The highest BCUT2D eigenvalue weighted by Crippen LogP contribution is 2.01. The Morgan fingerprint density at radius 2 is 1.32 bits per heavy atom. The van der Waals surface area contributed by atoms with Crippen LogP contribution in [0.15, 0.2) is 0 Å². The molecule has 40 heavy (non-hydrogen) atoms. The smallest absolute Gasteiger partial charge is 0.326 e. The van der Waals surface area contributed by atoms with Crippen molar-refractivity contribution in [2.75, 3.05) is 46.1 Å². The maximum absolute atomic E-state index is 12.0. The number of carbonyl (C=O) groups excluding carboxylic acids is 4. The molecule has 0 aliphatic carbocycles. The summed E-state index contributed by atoms with van der Waals surface area (Å²) in [5, 5.41) is 27.2. The van der Waals surface area contributed by atoms with E-state index in [-0.39, 0.29) is 74.7 Å². The first-order valence-corrected chi connectivity index (χ1v) is 13.5. The quantitative estimate of drug-likeness (QED) is 0.0709. The Morgan fingerprint density at radius 3 is 1.93 bits per heavy atom. The zero-order valence-electron chi connectivity index (χ0n) is 24.2. The van der Waals surface area contributed by atoms with Gasteiger partial charge in [-0.25, -0.2) is 4.79 Å². The Labute approximate surface area is 236 Å². The van der Waals surface area contributed by atoms with Gasteiger partial charge in [0.1, 0.15) is 12.6 Å². The van der Waals surface area contributed by atoms with E-state index in [4.69, 9.17) is 19.4 Å². The van der Waals surface area contributed by atoms with Gasteiger partial charge in [0.2, 0.25) is 17.7 Å². The molecule has 6 N–H and O–H groups in total. The summed E-state index contributed by atoms with van der Waals surface area (Å²) in [6.07, 6.45) is 1.38. The van der Waals surface area contributed by atoms with Gasteiger partial charge in [-0.2, -0.15) is 0 Å². The lowest BCUT2D eigenvalue weighted by Crippen LogP contribution is -2.41. The number of hydrogen-bond donors (Lipinski definition) is 6. The Morgan fingerprint density at radius 1 is 0.775 bits per heavy atom. The van der Waals surface area contributed by atoms with Crippen molar-refractivity contribution < 1.29 is 48.5 Å². The van der Waals surface area contributed by atoms with Gasteiger partial charge in [0.15, 0.2) is 5.78 Å². The predicted molar refractivity (Wildman–Crippen MR) is 147 cm³/mol. The number of ether oxygens (including phenoxy) is 2. The number of ketones is 1. The van der Waals surface area contributed by atoms with Crippen LogP contribution >= 0.6 is 0 Å². The normalized spacial score (nSPS) is 11.2. The van der Waals surface area contributed by atoms with E-state index >= 15 is 0 Å². The van der Waals surface area contributed by atoms with E-state index in [1.54, 1.807) is 0 Å². The van der Waals surface area contributed by atoms with E-state index in [0.717, 1.165) is 0 Å². The molecule has 14 nitrogen and oxygen atoms in total. The lowest BCUT2D eigenvalue weighted by molar-refractivity contribution is -0.142. The molecular weight excluding hydrogens is 528 g/mol.